The number of nitrogens with zero attached hydrogens (tertiary/aromatic N) is 1. The number of hydrogen-bond donors (Lipinski definition) is 3. The zero-order chi connectivity index (χ0) is 18.8. The van der Waals surface area contributed by atoms with Crippen LogP contribution in [0.2, 0.25) is 0 Å². The molecule has 1 aromatic rings. The highest BCUT2D eigenvalue weighted by molar-refractivity contribution is 7.89. The lowest BCUT2D eigenvalue weighted by Crippen LogP contribution is -2.42. The Balaban J connectivity index is 1.67. The molecule has 0 bridgehead atoms. The molecule has 1 saturated heterocycles. The van der Waals surface area contributed by atoms with Gasteiger partial charge in [-0.05, 0) is 31.7 Å². The van der Waals surface area contributed by atoms with E-state index >= 15 is 0 Å². The maximum atomic E-state index is 12.1. The van der Waals surface area contributed by atoms with Gasteiger partial charge in [-0.15, -0.1) is 0 Å². The van der Waals surface area contributed by atoms with Crippen molar-refractivity contribution >= 4 is 16.0 Å². The molecule has 1 unspecified atom stereocenters. The van der Waals surface area contributed by atoms with E-state index in [9.17, 15) is 8.42 Å². The smallest absolute Gasteiger partial charge is 0.213 e. The molecule has 7 nitrogen and oxygen atoms in total. The van der Waals surface area contributed by atoms with Crippen LogP contribution in [0.3, 0.4) is 0 Å². The predicted octanol–water partition coefficient (Wildman–Crippen LogP) is 1.15. The van der Waals surface area contributed by atoms with Gasteiger partial charge in [0.05, 0.1) is 11.9 Å². The van der Waals surface area contributed by atoms with Crippen molar-refractivity contribution in [3.63, 3.8) is 0 Å². The van der Waals surface area contributed by atoms with Crippen molar-refractivity contribution in [2.75, 3.05) is 32.5 Å². The molecular weight excluding hydrogens is 352 g/mol. The van der Waals surface area contributed by atoms with Crippen LogP contribution in [-0.2, 0) is 21.3 Å². The van der Waals surface area contributed by atoms with E-state index in [2.05, 4.69) is 44.6 Å². The fourth-order valence-corrected chi connectivity index (χ4v) is 3.63. The molecule has 1 fully saturated rings. The van der Waals surface area contributed by atoms with Crippen molar-refractivity contribution in [3.05, 3.63) is 35.4 Å². The van der Waals surface area contributed by atoms with E-state index in [1.165, 1.54) is 5.56 Å². The number of nitrogens with one attached hydrogen (secondary N) is 3. The predicted molar refractivity (Wildman–Crippen MR) is 105 cm³/mol. The molecule has 1 aromatic carbocycles. The van der Waals surface area contributed by atoms with Crippen LogP contribution in [0.25, 0.3) is 0 Å². The average molecular weight is 383 g/mol. The molecule has 2 rings (SSSR count). The summed E-state index contributed by atoms with van der Waals surface area (Å²) < 4.78 is 32.3. The topological polar surface area (TPSA) is 91.8 Å². The molecule has 0 spiro atoms. The first-order chi connectivity index (χ1) is 12.5. The highest BCUT2D eigenvalue weighted by atomic mass is 32.2. The first kappa shape index (κ1) is 20.7. The summed E-state index contributed by atoms with van der Waals surface area (Å²) in [6.45, 7) is 4.03. The van der Waals surface area contributed by atoms with Crippen molar-refractivity contribution in [2.24, 2.45) is 4.99 Å². The molecule has 0 aromatic heterocycles. The summed E-state index contributed by atoms with van der Waals surface area (Å²) in [6.07, 6.45) is 3.06. The van der Waals surface area contributed by atoms with Crippen LogP contribution in [0, 0.1) is 6.92 Å². The lowest BCUT2D eigenvalue weighted by Gasteiger charge is -2.22. The minimum absolute atomic E-state index is 0.00424. The Kier molecular flexibility index (Phi) is 8.34. The van der Waals surface area contributed by atoms with Gasteiger partial charge in [0.1, 0.15) is 0 Å². The molecule has 26 heavy (non-hydrogen) atoms. The number of sulfonamides is 1. The number of rotatable bonds is 8. The summed E-state index contributed by atoms with van der Waals surface area (Å²) in [7, 11) is -1.67. The monoisotopic (exact) mass is 382 g/mol. The molecule has 8 heteroatoms. The molecule has 0 amide bonds. The Bertz CT molecular complexity index is 668. The number of hydrogen-bond acceptors (Lipinski definition) is 4. The Hall–Kier alpha value is -1.64. The van der Waals surface area contributed by atoms with Crippen LogP contribution >= 0.6 is 0 Å². The maximum absolute atomic E-state index is 12.1. The molecule has 1 aliphatic heterocycles. The second-order valence-electron chi connectivity index (χ2n) is 6.49. The Morgan fingerprint density at radius 1 is 1.23 bits per heavy atom. The number of ether oxygens (including phenoxy) is 1. The van der Waals surface area contributed by atoms with Gasteiger partial charge in [-0.25, -0.2) is 13.1 Å². The summed E-state index contributed by atoms with van der Waals surface area (Å²) in [4.78, 5) is 4.12. The fraction of sp³-hybridized carbons (Fsp3) is 0.611. The molecule has 146 valence electrons. The van der Waals surface area contributed by atoms with Gasteiger partial charge in [-0.1, -0.05) is 29.8 Å². The van der Waals surface area contributed by atoms with Crippen molar-refractivity contribution < 1.29 is 13.2 Å². The summed E-state index contributed by atoms with van der Waals surface area (Å²) >= 11 is 0. The lowest BCUT2D eigenvalue weighted by atomic mass is 10.1. The van der Waals surface area contributed by atoms with Gasteiger partial charge < -0.3 is 15.4 Å². The Morgan fingerprint density at radius 3 is 2.65 bits per heavy atom. The Morgan fingerprint density at radius 2 is 2.00 bits per heavy atom. The van der Waals surface area contributed by atoms with Gasteiger partial charge in [0, 0.05) is 33.3 Å². The van der Waals surface area contributed by atoms with Gasteiger partial charge in [0.2, 0.25) is 10.0 Å². The first-order valence-corrected chi connectivity index (χ1v) is 10.7. The summed E-state index contributed by atoms with van der Waals surface area (Å²) in [5.41, 5.74) is 2.35. The quantitative estimate of drug-likeness (QED) is 0.463. The second-order valence-corrected chi connectivity index (χ2v) is 8.42. The zero-order valence-electron chi connectivity index (χ0n) is 15.6. The second kappa shape index (κ2) is 10.5. The molecule has 0 aliphatic carbocycles. The number of guanidine groups is 1. The van der Waals surface area contributed by atoms with Crippen LogP contribution in [-0.4, -0.2) is 53.0 Å². The number of benzene rings is 1. The third-order valence-electron chi connectivity index (χ3n) is 4.27. The molecule has 1 aliphatic rings. The zero-order valence-corrected chi connectivity index (χ0v) is 16.4. The number of aryl methyl sites for hydroxylation is 1. The maximum Gasteiger partial charge on any atom is 0.213 e. The normalized spacial score (nSPS) is 18.5. The summed E-state index contributed by atoms with van der Waals surface area (Å²) in [5, 5.41) is 6.21. The van der Waals surface area contributed by atoms with Crippen molar-refractivity contribution in [1.29, 1.82) is 0 Å². The van der Waals surface area contributed by atoms with Crippen LogP contribution < -0.4 is 15.4 Å². The summed E-state index contributed by atoms with van der Waals surface area (Å²) in [5.74, 6) is 0.571. The molecule has 0 radical (unpaired) electrons. The van der Waals surface area contributed by atoms with Crippen LogP contribution in [0.4, 0.5) is 0 Å². The molecule has 1 atom stereocenters. The van der Waals surface area contributed by atoms with E-state index in [1.54, 1.807) is 7.05 Å². The van der Waals surface area contributed by atoms with Gasteiger partial charge >= 0.3 is 0 Å². The molecule has 3 N–H and O–H groups in total. The SMILES string of the molecule is CN=C(NCCS(=O)(=O)NCC1CCCCO1)NCc1ccc(C)cc1. The van der Waals surface area contributed by atoms with Crippen LogP contribution in [0.5, 0.6) is 0 Å². The minimum atomic E-state index is -3.33. The van der Waals surface area contributed by atoms with Crippen LogP contribution in [0.15, 0.2) is 29.3 Å². The van der Waals surface area contributed by atoms with E-state index in [1.807, 2.05) is 6.92 Å². The molecule has 1 heterocycles. The highest BCUT2D eigenvalue weighted by Crippen LogP contribution is 2.11. The highest BCUT2D eigenvalue weighted by Gasteiger charge is 2.17. The van der Waals surface area contributed by atoms with E-state index in [0.717, 1.165) is 31.4 Å². The van der Waals surface area contributed by atoms with Crippen molar-refractivity contribution in [3.8, 4) is 0 Å². The lowest BCUT2D eigenvalue weighted by molar-refractivity contribution is 0.0200. The fourth-order valence-electron chi connectivity index (χ4n) is 2.68. The van der Waals surface area contributed by atoms with Crippen molar-refractivity contribution in [2.45, 2.75) is 38.8 Å². The van der Waals surface area contributed by atoms with Gasteiger partial charge in [-0.2, -0.15) is 0 Å². The largest absolute Gasteiger partial charge is 0.377 e. The number of aliphatic imine (C=N–C) groups is 1. The standard InChI is InChI=1S/C18H30N4O3S/c1-15-6-8-16(9-7-15)13-21-18(19-2)20-10-12-26(23,24)22-14-17-5-3-4-11-25-17/h6-9,17,22H,3-5,10-14H2,1-2H3,(H2,19,20,21). The minimum Gasteiger partial charge on any atom is -0.377 e. The van der Waals surface area contributed by atoms with E-state index in [0.29, 0.717) is 19.0 Å². The van der Waals surface area contributed by atoms with Gasteiger partial charge in [0.15, 0.2) is 5.96 Å². The third kappa shape index (κ3) is 7.72. The van der Waals surface area contributed by atoms with Crippen molar-refractivity contribution in [1.82, 2.24) is 15.4 Å². The van der Waals surface area contributed by atoms with Gasteiger partial charge in [0.25, 0.3) is 0 Å². The third-order valence-corrected chi connectivity index (χ3v) is 5.62. The molecule has 0 saturated carbocycles. The van der Waals surface area contributed by atoms with E-state index in [-0.39, 0.29) is 18.4 Å². The molecular formula is C18H30N4O3S. The van der Waals surface area contributed by atoms with Crippen LogP contribution in [0.1, 0.15) is 30.4 Å². The first-order valence-electron chi connectivity index (χ1n) is 9.07. The van der Waals surface area contributed by atoms with E-state index in [4.69, 9.17) is 4.74 Å². The van der Waals surface area contributed by atoms with E-state index < -0.39 is 10.0 Å². The average Bonchev–Trinajstić information content (AvgIpc) is 2.65. The van der Waals surface area contributed by atoms with Gasteiger partial charge in [-0.3, -0.25) is 4.99 Å². The summed E-state index contributed by atoms with van der Waals surface area (Å²) in [6, 6.07) is 8.22. The Labute approximate surface area is 156 Å².